The Morgan fingerprint density at radius 1 is 1.00 bits per heavy atom. The second-order valence-electron chi connectivity index (χ2n) is 7.51. The molecule has 1 atom stereocenters. The van der Waals surface area contributed by atoms with Crippen molar-refractivity contribution in [1.82, 2.24) is 15.1 Å². The standard InChI is InChI=1S/C17H33N3/c1-18-14-17(8-4-2-3-5-9-17)15-19-11-12-20-10-6-7-16(20)13-19/h16,18H,2-15H2,1H3. The van der Waals surface area contributed by atoms with E-state index in [4.69, 9.17) is 0 Å². The lowest BCUT2D eigenvalue weighted by molar-refractivity contribution is 0.0573. The third-order valence-corrected chi connectivity index (χ3v) is 5.95. The summed E-state index contributed by atoms with van der Waals surface area (Å²) in [6.07, 6.45) is 11.6. The highest BCUT2D eigenvalue weighted by Crippen LogP contribution is 2.36. The van der Waals surface area contributed by atoms with E-state index >= 15 is 0 Å². The molecule has 3 rings (SSSR count). The largest absolute Gasteiger partial charge is 0.319 e. The fourth-order valence-electron chi connectivity index (χ4n) is 4.92. The highest BCUT2D eigenvalue weighted by atomic mass is 15.3. The van der Waals surface area contributed by atoms with Gasteiger partial charge in [0.1, 0.15) is 0 Å². The topological polar surface area (TPSA) is 18.5 Å². The Labute approximate surface area is 125 Å². The van der Waals surface area contributed by atoms with Gasteiger partial charge in [0.15, 0.2) is 0 Å². The van der Waals surface area contributed by atoms with E-state index in [-0.39, 0.29) is 0 Å². The van der Waals surface area contributed by atoms with Gasteiger partial charge in [-0.1, -0.05) is 25.7 Å². The zero-order valence-electron chi connectivity index (χ0n) is 13.4. The zero-order chi connectivity index (χ0) is 13.8. The smallest absolute Gasteiger partial charge is 0.0224 e. The van der Waals surface area contributed by atoms with Gasteiger partial charge in [-0.3, -0.25) is 9.80 Å². The molecule has 3 nitrogen and oxygen atoms in total. The Hall–Kier alpha value is -0.120. The van der Waals surface area contributed by atoms with Crippen LogP contribution in [0.2, 0.25) is 0 Å². The summed E-state index contributed by atoms with van der Waals surface area (Å²) in [5.41, 5.74) is 0.562. The normalized spacial score (nSPS) is 31.9. The predicted octanol–water partition coefficient (Wildman–Crippen LogP) is 2.33. The lowest BCUT2D eigenvalue weighted by Gasteiger charge is -2.43. The Morgan fingerprint density at radius 2 is 1.80 bits per heavy atom. The van der Waals surface area contributed by atoms with Crippen molar-refractivity contribution in [2.45, 2.75) is 57.4 Å². The quantitative estimate of drug-likeness (QED) is 0.797. The van der Waals surface area contributed by atoms with Crippen molar-refractivity contribution in [2.24, 2.45) is 5.41 Å². The third-order valence-electron chi connectivity index (χ3n) is 5.95. The van der Waals surface area contributed by atoms with Crippen LogP contribution in [0, 0.1) is 5.41 Å². The molecule has 3 heteroatoms. The van der Waals surface area contributed by atoms with Gasteiger partial charge in [-0.25, -0.2) is 0 Å². The SMILES string of the molecule is CNCC1(CN2CCN3CCCC3C2)CCCCCC1. The highest BCUT2D eigenvalue weighted by Gasteiger charge is 2.36. The van der Waals surface area contributed by atoms with Crippen LogP contribution in [0.3, 0.4) is 0 Å². The monoisotopic (exact) mass is 279 g/mol. The number of rotatable bonds is 4. The molecule has 116 valence electrons. The summed E-state index contributed by atoms with van der Waals surface area (Å²) in [6, 6.07) is 0.876. The van der Waals surface area contributed by atoms with Gasteiger partial charge in [0.2, 0.25) is 0 Å². The molecule has 1 aliphatic carbocycles. The van der Waals surface area contributed by atoms with Gasteiger partial charge in [0.05, 0.1) is 0 Å². The van der Waals surface area contributed by atoms with Crippen LogP contribution in [0.4, 0.5) is 0 Å². The second kappa shape index (κ2) is 6.76. The van der Waals surface area contributed by atoms with Crippen molar-refractivity contribution in [2.75, 3.05) is 46.3 Å². The van der Waals surface area contributed by atoms with Crippen LogP contribution in [0.5, 0.6) is 0 Å². The molecule has 3 aliphatic rings. The summed E-state index contributed by atoms with van der Waals surface area (Å²) in [4.78, 5) is 5.53. The molecule has 0 aromatic heterocycles. The number of hydrogen-bond donors (Lipinski definition) is 1. The van der Waals surface area contributed by atoms with Crippen molar-refractivity contribution in [3.63, 3.8) is 0 Å². The molecule has 1 saturated carbocycles. The van der Waals surface area contributed by atoms with E-state index in [9.17, 15) is 0 Å². The molecule has 0 bridgehead atoms. The van der Waals surface area contributed by atoms with Crippen LogP contribution in [0.1, 0.15) is 51.4 Å². The maximum atomic E-state index is 3.50. The van der Waals surface area contributed by atoms with Gasteiger partial charge in [-0.05, 0) is 44.7 Å². The maximum Gasteiger partial charge on any atom is 0.0224 e. The molecule has 2 aliphatic heterocycles. The zero-order valence-corrected chi connectivity index (χ0v) is 13.4. The first-order chi connectivity index (χ1) is 9.81. The Balaban J connectivity index is 1.60. The van der Waals surface area contributed by atoms with E-state index in [1.807, 2.05) is 0 Å². The summed E-state index contributed by atoms with van der Waals surface area (Å²) in [5.74, 6) is 0. The van der Waals surface area contributed by atoms with E-state index in [1.165, 1.54) is 90.6 Å². The van der Waals surface area contributed by atoms with E-state index < -0.39 is 0 Å². The Kier molecular flexibility index (Phi) is 5.00. The summed E-state index contributed by atoms with van der Waals surface area (Å²) in [6.45, 7) is 7.89. The molecule has 0 aromatic carbocycles. The minimum atomic E-state index is 0.562. The van der Waals surface area contributed by atoms with Crippen LogP contribution >= 0.6 is 0 Å². The van der Waals surface area contributed by atoms with Crippen LogP contribution in [-0.4, -0.2) is 62.2 Å². The van der Waals surface area contributed by atoms with Crippen molar-refractivity contribution in [3.05, 3.63) is 0 Å². The molecule has 3 fully saturated rings. The van der Waals surface area contributed by atoms with E-state index in [1.54, 1.807) is 0 Å². The second-order valence-corrected chi connectivity index (χ2v) is 7.51. The van der Waals surface area contributed by atoms with Crippen molar-refractivity contribution in [3.8, 4) is 0 Å². The summed E-state index contributed by atoms with van der Waals surface area (Å²) in [5, 5.41) is 3.50. The Morgan fingerprint density at radius 3 is 2.55 bits per heavy atom. The van der Waals surface area contributed by atoms with Crippen molar-refractivity contribution >= 4 is 0 Å². The molecule has 2 heterocycles. The molecular formula is C17H33N3. The van der Waals surface area contributed by atoms with Gasteiger partial charge >= 0.3 is 0 Å². The number of piperazine rings is 1. The van der Waals surface area contributed by atoms with Gasteiger partial charge in [0.25, 0.3) is 0 Å². The number of nitrogens with one attached hydrogen (secondary N) is 1. The molecule has 1 N–H and O–H groups in total. The molecule has 0 amide bonds. The fourth-order valence-corrected chi connectivity index (χ4v) is 4.92. The fraction of sp³-hybridized carbons (Fsp3) is 1.00. The van der Waals surface area contributed by atoms with Crippen LogP contribution in [0.15, 0.2) is 0 Å². The molecule has 20 heavy (non-hydrogen) atoms. The van der Waals surface area contributed by atoms with Crippen molar-refractivity contribution in [1.29, 1.82) is 0 Å². The number of hydrogen-bond acceptors (Lipinski definition) is 3. The first-order valence-electron chi connectivity index (χ1n) is 8.92. The first-order valence-corrected chi connectivity index (χ1v) is 8.92. The maximum absolute atomic E-state index is 3.50. The van der Waals surface area contributed by atoms with Gasteiger partial charge in [0, 0.05) is 38.8 Å². The molecule has 0 spiro atoms. The lowest BCUT2D eigenvalue weighted by Crippen LogP contribution is -2.54. The van der Waals surface area contributed by atoms with E-state index in [0.29, 0.717) is 5.41 Å². The van der Waals surface area contributed by atoms with Gasteiger partial charge in [-0.15, -0.1) is 0 Å². The van der Waals surface area contributed by atoms with Crippen LogP contribution < -0.4 is 5.32 Å². The molecular weight excluding hydrogens is 246 g/mol. The van der Waals surface area contributed by atoms with Crippen molar-refractivity contribution < 1.29 is 0 Å². The van der Waals surface area contributed by atoms with Gasteiger partial charge < -0.3 is 5.32 Å². The number of nitrogens with zero attached hydrogens (tertiary/aromatic N) is 2. The Bertz CT molecular complexity index is 297. The van der Waals surface area contributed by atoms with Gasteiger partial charge in [-0.2, -0.15) is 0 Å². The molecule has 0 radical (unpaired) electrons. The average Bonchev–Trinajstić information content (AvgIpc) is 2.79. The van der Waals surface area contributed by atoms with Crippen LogP contribution in [0.25, 0.3) is 0 Å². The van der Waals surface area contributed by atoms with E-state index in [2.05, 4.69) is 22.2 Å². The molecule has 0 aromatic rings. The first kappa shape index (κ1) is 14.8. The molecule has 1 unspecified atom stereocenters. The lowest BCUT2D eigenvalue weighted by atomic mass is 9.79. The minimum Gasteiger partial charge on any atom is -0.319 e. The third kappa shape index (κ3) is 3.37. The predicted molar refractivity (Wildman–Crippen MR) is 85.1 cm³/mol. The minimum absolute atomic E-state index is 0.562. The average molecular weight is 279 g/mol. The van der Waals surface area contributed by atoms with Crippen LogP contribution in [-0.2, 0) is 0 Å². The number of fused-ring (bicyclic) bond motifs is 1. The van der Waals surface area contributed by atoms with E-state index in [0.717, 1.165) is 6.04 Å². The summed E-state index contributed by atoms with van der Waals surface area (Å²) >= 11 is 0. The summed E-state index contributed by atoms with van der Waals surface area (Å²) in [7, 11) is 2.14. The molecule has 2 saturated heterocycles. The summed E-state index contributed by atoms with van der Waals surface area (Å²) < 4.78 is 0. The highest BCUT2D eigenvalue weighted by molar-refractivity contribution is 4.92.